The molecular formula is C39H46N12O. The standard InChI is InChI=1S/C13H16N4O.C13H14N4.C13H16N4/c1-8-4-9(2)6-11(5-8)13(17-18)14-12-7-10(3)15-16-12;1-8-4-9(2)6-11(5-8)13-14-12-7-10(3)15-17(12)16-13;1-8-4-9(2)6-11(5-8)13(14)15-12-7-10(3)16-17-12/h4-7,18H,1-3H3,(H2,14,15,16,17);4-7,15H,1-3H3;4-7H,1-3H3,(H3,14,15,16,17). The predicted octanol–water partition coefficient (Wildman–Crippen LogP) is 7.41. The van der Waals surface area contributed by atoms with E-state index in [9.17, 15) is 5.21 Å². The first kappa shape index (κ1) is 36.9. The van der Waals surface area contributed by atoms with Gasteiger partial charge in [-0.1, -0.05) is 51.6 Å². The first-order chi connectivity index (χ1) is 24.7. The van der Waals surface area contributed by atoms with Crippen LogP contribution in [0, 0.1) is 62.3 Å². The summed E-state index contributed by atoms with van der Waals surface area (Å²) < 4.78 is 1.71. The van der Waals surface area contributed by atoms with Crippen molar-refractivity contribution in [2.75, 3.05) is 0 Å². The summed E-state index contributed by atoms with van der Waals surface area (Å²) >= 11 is 0. The molecule has 0 radical (unpaired) electrons. The number of hydroxylamine groups is 1. The molecule has 0 saturated carbocycles. The number of aryl methyl sites for hydroxylation is 9. The first-order valence-corrected chi connectivity index (χ1v) is 16.8. The molecule has 7 N–H and O–H groups in total. The lowest BCUT2D eigenvalue weighted by molar-refractivity contribution is 0.235. The molecule has 4 heterocycles. The molecule has 7 aromatic rings. The smallest absolute Gasteiger partial charge is 0.183 e. The summed E-state index contributed by atoms with van der Waals surface area (Å²) in [6.07, 6.45) is 0. The van der Waals surface area contributed by atoms with Gasteiger partial charge in [-0.05, 0) is 98.7 Å². The summed E-state index contributed by atoms with van der Waals surface area (Å²) in [5, 5.41) is 30.5. The van der Waals surface area contributed by atoms with Gasteiger partial charge in [0.15, 0.2) is 28.9 Å². The van der Waals surface area contributed by atoms with Crippen LogP contribution in [0.2, 0.25) is 0 Å². The third-order valence-corrected chi connectivity index (χ3v) is 7.70. The Hall–Kier alpha value is -6.34. The molecule has 268 valence electrons. The van der Waals surface area contributed by atoms with Gasteiger partial charge < -0.3 is 5.73 Å². The SMILES string of the molecule is Cc1cc(C)cc(-c2nc3cc(C)[nH]n3n2)c1.Cc1cc(C)cc(C(=Nc2cc(C)[nH]n2)NO)c1.Cc1cc(C)cc(C(N)=Nc2cc(C)[nH]n2)c1. The van der Waals surface area contributed by atoms with Crippen molar-refractivity contribution in [2.45, 2.75) is 62.3 Å². The molecule has 0 unspecified atom stereocenters. The van der Waals surface area contributed by atoms with E-state index in [1.807, 2.05) is 84.9 Å². The largest absolute Gasteiger partial charge is 0.383 e. The van der Waals surface area contributed by atoms with Crippen LogP contribution in [-0.2, 0) is 0 Å². The number of nitrogens with one attached hydrogen (secondary N) is 4. The number of H-pyrrole nitrogens is 3. The van der Waals surface area contributed by atoms with Crippen LogP contribution in [0.3, 0.4) is 0 Å². The Morgan fingerprint density at radius 1 is 0.615 bits per heavy atom. The summed E-state index contributed by atoms with van der Waals surface area (Å²) in [5.41, 5.74) is 21.8. The highest BCUT2D eigenvalue weighted by atomic mass is 16.5. The Bertz CT molecular complexity index is 2280. The number of fused-ring (bicyclic) bond motifs is 1. The van der Waals surface area contributed by atoms with Crippen LogP contribution < -0.4 is 11.2 Å². The van der Waals surface area contributed by atoms with Crippen molar-refractivity contribution in [1.29, 1.82) is 0 Å². The molecule has 0 bridgehead atoms. The number of amidine groups is 2. The van der Waals surface area contributed by atoms with Gasteiger partial charge in [0.2, 0.25) is 0 Å². The van der Waals surface area contributed by atoms with Crippen LogP contribution in [-0.4, -0.2) is 57.1 Å². The van der Waals surface area contributed by atoms with Gasteiger partial charge in [-0.3, -0.25) is 26.0 Å². The van der Waals surface area contributed by atoms with E-state index >= 15 is 0 Å². The zero-order valence-corrected chi connectivity index (χ0v) is 31.1. The van der Waals surface area contributed by atoms with Crippen molar-refractivity contribution in [2.24, 2.45) is 15.7 Å². The lowest BCUT2D eigenvalue weighted by atomic mass is 10.1. The quantitative estimate of drug-likeness (QED) is 0.0613. The van der Waals surface area contributed by atoms with E-state index in [-0.39, 0.29) is 0 Å². The van der Waals surface area contributed by atoms with Crippen LogP contribution in [0.1, 0.15) is 61.6 Å². The molecule has 0 atom stereocenters. The van der Waals surface area contributed by atoms with Crippen molar-refractivity contribution in [3.63, 3.8) is 0 Å². The second-order valence-corrected chi connectivity index (χ2v) is 13.2. The average Bonchev–Trinajstić information content (AvgIpc) is 3.84. The number of nitrogens with zero attached hydrogens (tertiary/aromatic N) is 7. The lowest BCUT2D eigenvalue weighted by Crippen LogP contribution is -2.20. The fourth-order valence-corrected chi connectivity index (χ4v) is 5.73. The monoisotopic (exact) mass is 698 g/mol. The van der Waals surface area contributed by atoms with E-state index in [0.29, 0.717) is 23.3 Å². The minimum Gasteiger partial charge on any atom is -0.383 e. The zero-order valence-electron chi connectivity index (χ0n) is 31.1. The number of aliphatic imine (C=N–C) groups is 2. The summed E-state index contributed by atoms with van der Waals surface area (Å²) in [6.45, 7) is 18.1. The number of hydrogen-bond donors (Lipinski definition) is 6. The highest BCUT2D eigenvalue weighted by molar-refractivity contribution is 6.00. The van der Waals surface area contributed by atoms with Gasteiger partial charge in [-0.25, -0.2) is 15.0 Å². The minimum absolute atomic E-state index is 0.383. The van der Waals surface area contributed by atoms with E-state index in [4.69, 9.17) is 5.73 Å². The van der Waals surface area contributed by atoms with Gasteiger partial charge in [-0.2, -0.15) is 14.8 Å². The summed E-state index contributed by atoms with van der Waals surface area (Å²) in [4.78, 5) is 13.1. The third kappa shape index (κ3) is 9.88. The van der Waals surface area contributed by atoms with E-state index in [2.05, 4.69) is 95.2 Å². The zero-order chi connectivity index (χ0) is 37.5. The maximum absolute atomic E-state index is 9.21. The molecular weight excluding hydrogens is 653 g/mol. The molecule has 0 amide bonds. The highest BCUT2D eigenvalue weighted by Gasteiger charge is 2.09. The highest BCUT2D eigenvalue weighted by Crippen LogP contribution is 2.20. The van der Waals surface area contributed by atoms with Gasteiger partial charge >= 0.3 is 0 Å². The number of rotatable bonds is 5. The number of nitrogens with two attached hydrogens (primary N) is 1. The maximum Gasteiger partial charge on any atom is 0.183 e. The second kappa shape index (κ2) is 16.1. The number of aromatic amines is 3. The molecule has 0 spiro atoms. The van der Waals surface area contributed by atoms with Gasteiger partial charge in [0.25, 0.3) is 0 Å². The fourth-order valence-electron chi connectivity index (χ4n) is 5.73. The molecule has 52 heavy (non-hydrogen) atoms. The average molecular weight is 699 g/mol. The van der Waals surface area contributed by atoms with Crippen LogP contribution in [0.25, 0.3) is 17.0 Å². The van der Waals surface area contributed by atoms with Crippen LogP contribution >= 0.6 is 0 Å². The molecule has 0 aliphatic heterocycles. The Kier molecular flexibility index (Phi) is 11.5. The molecule has 13 nitrogen and oxygen atoms in total. The van der Waals surface area contributed by atoms with Gasteiger partial charge in [0.05, 0.1) is 0 Å². The normalized spacial score (nSPS) is 11.6. The first-order valence-electron chi connectivity index (χ1n) is 16.8. The van der Waals surface area contributed by atoms with Gasteiger partial charge in [0, 0.05) is 52.0 Å². The molecule has 13 heteroatoms. The van der Waals surface area contributed by atoms with Gasteiger partial charge in [-0.15, -0.1) is 5.10 Å². The van der Waals surface area contributed by atoms with Crippen LogP contribution in [0.5, 0.6) is 0 Å². The van der Waals surface area contributed by atoms with Crippen molar-refractivity contribution < 1.29 is 5.21 Å². The molecule has 4 aromatic heterocycles. The van der Waals surface area contributed by atoms with Crippen molar-refractivity contribution in [3.8, 4) is 11.4 Å². The number of aromatic nitrogens is 8. The third-order valence-electron chi connectivity index (χ3n) is 7.70. The molecule has 0 saturated heterocycles. The van der Waals surface area contributed by atoms with Gasteiger partial charge in [0.1, 0.15) is 5.84 Å². The molecule has 7 rings (SSSR count). The van der Waals surface area contributed by atoms with E-state index < -0.39 is 0 Å². The van der Waals surface area contributed by atoms with E-state index in [1.54, 1.807) is 10.7 Å². The van der Waals surface area contributed by atoms with Crippen LogP contribution in [0.15, 0.2) is 82.8 Å². The van der Waals surface area contributed by atoms with Crippen molar-refractivity contribution in [3.05, 3.63) is 134 Å². The van der Waals surface area contributed by atoms with E-state index in [0.717, 1.165) is 56.4 Å². The summed E-state index contributed by atoms with van der Waals surface area (Å²) in [5.74, 6) is 2.78. The molecule has 0 aliphatic rings. The Morgan fingerprint density at radius 2 is 1.10 bits per heavy atom. The summed E-state index contributed by atoms with van der Waals surface area (Å²) in [7, 11) is 0. The topological polar surface area (TPSA) is 186 Å². The predicted molar refractivity (Wildman–Crippen MR) is 207 cm³/mol. The molecule has 0 fully saturated rings. The summed E-state index contributed by atoms with van der Waals surface area (Å²) in [6, 6.07) is 24.1. The minimum atomic E-state index is 0.383. The maximum atomic E-state index is 9.21. The number of benzene rings is 3. The van der Waals surface area contributed by atoms with Crippen molar-refractivity contribution in [1.82, 2.24) is 45.7 Å². The second-order valence-electron chi connectivity index (χ2n) is 13.2. The van der Waals surface area contributed by atoms with Crippen LogP contribution in [0.4, 0.5) is 11.6 Å². The van der Waals surface area contributed by atoms with Crippen molar-refractivity contribution >= 4 is 29.0 Å². The fraction of sp³-hybridized carbons (Fsp3) is 0.231. The Labute approximate surface area is 303 Å². The Balaban J connectivity index is 0.000000151. The van der Waals surface area contributed by atoms with E-state index in [1.165, 1.54) is 22.3 Å². The lowest BCUT2D eigenvalue weighted by Gasteiger charge is -2.06. The molecule has 3 aromatic carbocycles. The Morgan fingerprint density at radius 3 is 1.56 bits per heavy atom. The molecule has 0 aliphatic carbocycles. The number of hydrogen-bond acceptors (Lipinski definition) is 7.